The Hall–Kier alpha value is -5.77. The third kappa shape index (κ3) is 7.00. The van der Waals surface area contributed by atoms with Crippen LogP contribution < -0.4 is 0 Å². The van der Waals surface area contributed by atoms with E-state index in [4.69, 9.17) is 14.4 Å². The molecule has 0 aliphatic carbocycles. The van der Waals surface area contributed by atoms with Crippen LogP contribution in [0.15, 0.2) is 138 Å². The molecular weight excluding hydrogens is 882 g/mol. The van der Waals surface area contributed by atoms with E-state index in [1.54, 1.807) is 6.07 Å². The van der Waals surface area contributed by atoms with Crippen molar-refractivity contribution in [2.24, 2.45) is 0 Å². The number of furan rings is 1. The minimum Gasteiger partial charge on any atom is -0.507 e. The van der Waals surface area contributed by atoms with Gasteiger partial charge in [-0.05, 0) is 94.1 Å². The zero-order valence-electron chi connectivity index (χ0n) is 33.2. The van der Waals surface area contributed by atoms with Gasteiger partial charge in [-0.15, -0.1) is 24.3 Å². The number of phenols is 1. The van der Waals surface area contributed by atoms with Gasteiger partial charge in [-0.3, -0.25) is 9.97 Å². The van der Waals surface area contributed by atoms with Crippen molar-refractivity contribution in [1.29, 1.82) is 0 Å². The summed E-state index contributed by atoms with van der Waals surface area (Å²) >= 11 is 0. The van der Waals surface area contributed by atoms with E-state index < -0.39 is 0 Å². The predicted octanol–water partition coefficient (Wildman–Crippen LogP) is 13.4. The molecule has 0 radical (unpaired) electrons. The van der Waals surface area contributed by atoms with Crippen molar-refractivity contribution in [2.75, 3.05) is 0 Å². The number of para-hydroxylation sites is 1. The Labute approximate surface area is 348 Å². The van der Waals surface area contributed by atoms with E-state index in [9.17, 15) is 5.11 Å². The monoisotopic (exact) mass is 925 g/mol. The van der Waals surface area contributed by atoms with Crippen LogP contribution in [0.25, 0.3) is 83.7 Å². The minimum absolute atomic E-state index is 0. The van der Waals surface area contributed by atoms with E-state index in [0.29, 0.717) is 16.8 Å². The Morgan fingerprint density at radius 3 is 2.07 bits per heavy atom. The maximum Gasteiger partial charge on any atom is 0.148 e. The maximum absolute atomic E-state index is 11.5. The molecule has 0 saturated carbocycles. The zero-order chi connectivity index (χ0) is 38.9. The molecule has 1 N–H and O–H groups in total. The molecule has 0 aliphatic heterocycles. The Kier molecular flexibility index (Phi) is 9.57. The molecule has 0 amide bonds. The van der Waals surface area contributed by atoms with Gasteiger partial charge in [0.25, 0.3) is 0 Å². The van der Waals surface area contributed by atoms with Crippen LogP contribution in [0.5, 0.6) is 5.75 Å². The normalized spacial score (nSPS) is 12.1. The minimum atomic E-state index is -0.0461. The molecule has 9 aromatic rings. The van der Waals surface area contributed by atoms with Gasteiger partial charge in [-0.2, -0.15) is 0 Å². The molecule has 0 aliphatic rings. The predicted molar refractivity (Wildman–Crippen MR) is 230 cm³/mol. The number of pyridine rings is 2. The maximum atomic E-state index is 11.5. The first kappa shape index (κ1) is 38.1. The molecule has 6 heteroatoms. The molecule has 4 heterocycles. The van der Waals surface area contributed by atoms with Gasteiger partial charge in [-0.1, -0.05) is 119 Å². The van der Waals surface area contributed by atoms with Gasteiger partial charge in [-0.25, -0.2) is 0 Å². The number of benzene rings is 5. The Morgan fingerprint density at radius 1 is 0.614 bits per heavy atom. The fourth-order valence-corrected chi connectivity index (χ4v) is 7.66. The Balaban J connectivity index is 0.00000455. The van der Waals surface area contributed by atoms with Gasteiger partial charge in [0.05, 0.1) is 11.3 Å². The van der Waals surface area contributed by atoms with Crippen LogP contribution in [-0.4, -0.2) is 19.5 Å². The summed E-state index contributed by atoms with van der Waals surface area (Å²) in [4.78, 5) is 10.5. The smallest absolute Gasteiger partial charge is 0.148 e. The molecule has 5 aromatic carbocycles. The molecule has 57 heavy (non-hydrogen) atoms. The van der Waals surface area contributed by atoms with E-state index >= 15 is 0 Å². The van der Waals surface area contributed by atoms with Crippen LogP contribution in [0.4, 0.5) is 0 Å². The number of aryl methyl sites for hydroxylation is 1. The van der Waals surface area contributed by atoms with Crippen LogP contribution in [0.3, 0.4) is 0 Å². The summed E-state index contributed by atoms with van der Waals surface area (Å²) in [6, 6.07) is 47.3. The molecule has 0 saturated heterocycles. The third-order valence-electron chi connectivity index (χ3n) is 10.8. The Morgan fingerprint density at radius 2 is 1.32 bits per heavy atom. The van der Waals surface area contributed by atoms with Gasteiger partial charge in [0.15, 0.2) is 0 Å². The molecule has 0 fully saturated rings. The van der Waals surface area contributed by atoms with Crippen molar-refractivity contribution in [3.63, 3.8) is 0 Å². The van der Waals surface area contributed by atoms with Crippen molar-refractivity contribution in [1.82, 2.24) is 14.4 Å². The van der Waals surface area contributed by atoms with E-state index in [1.807, 2.05) is 48.5 Å². The topological polar surface area (TPSA) is 63.6 Å². The summed E-state index contributed by atoms with van der Waals surface area (Å²) in [5.74, 6) is 0.107. The molecule has 286 valence electrons. The van der Waals surface area contributed by atoms with Crippen molar-refractivity contribution in [2.45, 2.75) is 59.3 Å². The van der Waals surface area contributed by atoms with E-state index in [1.165, 1.54) is 11.1 Å². The van der Waals surface area contributed by atoms with Crippen LogP contribution in [0.2, 0.25) is 0 Å². The fourth-order valence-electron chi connectivity index (χ4n) is 7.66. The fraction of sp³-hybridized carbons (Fsp3) is 0.176. The average molecular weight is 926 g/mol. The van der Waals surface area contributed by atoms with Crippen molar-refractivity contribution in [3.8, 4) is 61.9 Å². The first-order chi connectivity index (χ1) is 26.8. The molecule has 0 unspecified atom stereocenters. The van der Waals surface area contributed by atoms with Crippen LogP contribution >= 0.6 is 0 Å². The largest absolute Gasteiger partial charge is 0.507 e. The summed E-state index contributed by atoms with van der Waals surface area (Å²) in [6.45, 7) is 15.7. The SMILES string of the molecule is Cc1cccc(-c2cc(-c3[c-]c(-c4nc5ccccn5c4-c4cc(C(C)(C)C)cc(C(C)(C)C)c4)ccc3)nc(-c3c(O)ccc4c3oc3ccccc34)c2)c1.[Pt]. The molecule has 4 aromatic heterocycles. The number of fused-ring (bicyclic) bond motifs is 4. The number of nitrogens with zero attached hydrogens (tertiary/aromatic N) is 3. The average Bonchev–Trinajstić information content (AvgIpc) is 3.76. The first-order valence-electron chi connectivity index (χ1n) is 19.2. The number of aromatic hydroxyl groups is 1. The quantitative estimate of drug-likeness (QED) is 0.175. The third-order valence-corrected chi connectivity index (χ3v) is 10.8. The molecule has 0 spiro atoms. The second-order valence-corrected chi connectivity index (χ2v) is 16.9. The van der Waals surface area contributed by atoms with Gasteiger partial charge in [0.2, 0.25) is 0 Å². The van der Waals surface area contributed by atoms with E-state index in [0.717, 1.165) is 72.5 Å². The summed E-state index contributed by atoms with van der Waals surface area (Å²) in [7, 11) is 0. The van der Waals surface area contributed by atoms with Crippen LogP contribution in [-0.2, 0) is 31.9 Å². The van der Waals surface area contributed by atoms with Crippen LogP contribution in [0, 0.1) is 13.0 Å². The molecule has 5 nitrogen and oxygen atoms in total. The summed E-state index contributed by atoms with van der Waals surface area (Å²) in [5, 5.41) is 13.4. The van der Waals surface area contributed by atoms with E-state index in [-0.39, 0.29) is 37.6 Å². The molecule has 0 bridgehead atoms. The number of imidazole rings is 1. The zero-order valence-corrected chi connectivity index (χ0v) is 35.5. The first-order valence-corrected chi connectivity index (χ1v) is 19.2. The standard InChI is InChI=1S/C51H44N3O2.Pt/c1-31-14-12-15-32(24-31)35-28-41(52-42(29-35)46-43(55)22-21-40-39-18-8-9-19-44(39)56-49(40)46)33-16-13-17-34(25-33)47-48(54-23-11-10-20-45(54)53-47)36-26-37(50(2,3)4)30-38(27-36)51(5,6)7;/h8-24,26-30,55H,1-7H3;/q-1;. The number of aromatic nitrogens is 3. The molecular formula is C51H44N3O2Pt-. The molecule has 0 atom stereocenters. The van der Waals surface area contributed by atoms with Gasteiger partial charge in [0, 0.05) is 55.1 Å². The Bertz CT molecular complexity index is 2940. The second kappa shape index (κ2) is 14.3. The summed E-state index contributed by atoms with van der Waals surface area (Å²) in [6.07, 6.45) is 2.09. The molecule has 9 rings (SSSR count). The number of hydrogen-bond acceptors (Lipinski definition) is 4. The van der Waals surface area contributed by atoms with Crippen molar-refractivity contribution < 1.29 is 30.6 Å². The van der Waals surface area contributed by atoms with Gasteiger partial charge in [0.1, 0.15) is 22.6 Å². The van der Waals surface area contributed by atoms with Gasteiger partial charge >= 0.3 is 0 Å². The van der Waals surface area contributed by atoms with Gasteiger partial charge < -0.3 is 13.9 Å². The number of hydrogen-bond donors (Lipinski definition) is 1. The van der Waals surface area contributed by atoms with Crippen LogP contribution in [0.1, 0.15) is 58.2 Å². The summed E-state index contributed by atoms with van der Waals surface area (Å²) in [5.41, 5.74) is 14.4. The van der Waals surface area contributed by atoms with Crippen molar-refractivity contribution >= 4 is 27.6 Å². The van der Waals surface area contributed by atoms with Crippen molar-refractivity contribution in [3.05, 3.63) is 156 Å². The van der Waals surface area contributed by atoms with E-state index in [2.05, 4.69) is 138 Å². The number of phenolic OH excluding ortho intramolecular Hbond substituents is 1. The second-order valence-electron chi connectivity index (χ2n) is 16.9. The number of rotatable bonds is 5. The summed E-state index contributed by atoms with van der Waals surface area (Å²) < 4.78 is 8.62.